The van der Waals surface area contributed by atoms with E-state index in [-0.39, 0.29) is 29.8 Å². The molecule has 290 valence electrons. The first-order valence-electron chi connectivity index (χ1n) is 16.1. The summed E-state index contributed by atoms with van der Waals surface area (Å²) >= 11 is 0. The fraction of sp³-hybridized carbons (Fsp3) is 0.154. The van der Waals surface area contributed by atoms with Crippen LogP contribution >= 0.6 is 12.4 Å². The number of halogens is 1. The van der Waals surface area contributed by atoms with Gasteiger partial charge in [0.25, 0.3) is 0 Å². The van der Waals surface area contributed by atoms with Crippen molar-refractivity contribution in [3.05, 3.63) is 153 Å². The third kappa shape index (κ3) is 21.3. The molecule has 0 radical (unpaired) electrons. The van der Waals surface area contributed by atoms with Crippen molar-refractivity contribution in [3.63, 3.8) is 0 Å². The summed E-state index contributed by atoms with van der Waals surface area (Å²) in [7, 11) is 0. The maximum atomic E-state index is 11.4. The lowest BCUT2D eigenvalue weighted by molar-refractivity contribution is 0.100. The van der Waals surface area contributed by atoms with Crippen LogP contribution in [0.15, 0.2) is 113 Å². The van der Waals surface area contributed by atoms with Crippen LogP contribution in [0.25, 0.3) is 11.3 Å². The Labute approximate surface area is 325 Å². The van der Waals surface area contributed by atoms with E-state index >= 15 is 0 Å². The molecule has 0 aliphatic rings. The van der Waals surface area contributed by atoms with E-state index in [0.29, 0.717) is 11.3 Å². The summed E-state index contributed by atoms with van der Waals surface area (Å²) in [6.45, 7) is 11.1. The Morgan fingerprint density at radius 2 is 1.00 bits per heavy atom. The molecule has 4 aromatic carbocycles. The summed E-state index contributed by atoms with van der Waals surface area (Å²) in [5.41, 5.74) is 20.5. The fourth-order valence-corrected chi connectivity index (χ4v) is 3.70. The molecule has 0 atom stereocenters. The molecular weight excluding hydrogens is 726 g/mol. The SMILES string of the molecule is CC(=O)c1ccc(C)cc1.CC(=O)c1ccc(C)cc1.Cc1ccc(-c2cn[nH]c(=O)n2)cc1.Cc1ccc(C(=O)/C=N/NC(N)=O)cc1.Cl.NNC(N)=O. The van der Waals surface area contributed by atoms with E-state index in [1.54, 1.807) is 31.4 Å². The topological polar surface area (TPSA) is 258 Å². The zero-order chi connectivity index (χ0) is 40.6. The molecule has 1 aromatic heterocycles. The standard InChI is InChI=1S/C10H11N3O2.C10H9N3O.2C9H10O.CH5N3O.ClH/c1-7-2-4-8(5-3-7)9(14)6-12-13-10(11)15;1-7-2-4-8(5-3-7)9-6-11-13-10(14)12-9;2*1-7-3-5-9(6-4-7)8(2)10;2-1(5)4-3;/h2-6H,1H3,(H3,11,13,15);2-6H,1H3,(H,12,13,14);2*3-6H,1-2H3;3H2,(H3,2,4,5);1H/b12-6+;;;;;. The van der Waals surface area contributed by atoms with Gasteiger partial charge in [-0.2, -0.15) is 15.2 Å². The Bertz CT molecular complexity index is 2000. The number of urea groups is 2. The predicted octanol–water partition coefficient (Wildman–Crippen LogP) is 5.32. The van der Waals surface area contributed by atoms with Crippen LogP contribution in [0.4, 0.5) is 9.59 Å². The average Bonchev–Trinajstić information content (AvgIpc) is 3.13. The van der Waals surface area contributed by atoms with E-state index in [2.05, 4.69) is 31.9 Å². The van der Waals surface area contributed by atoms with Gasteiger partial charge in [0.1, 0.15) is 0 Å². The van der Waals surface area contributed by atoms with Gasteiger partial charge in [0.15, 0.2) is 11.6 Å². The fourth-order valence-electron chi connectivity index (χ4n) is 3.70. The van der Waals surface area contributed by atoms with Crippen LogP contribution in [0.3, 0.4) is 0 Å². The number of hydrogen-bond acceptors (Lipinski definition) is 10. The number of amides is 4. The van der Waals surface area contributed by atoms with Crippen LogP contribution in [0.1, 0.15) is 67.2 Å². The van der Waals surface area contributed by atoms with Gasteiger partial charge in [-0.25, -0.2) is 30.8 Å². The van der Waals surface area contributed by atoms with Crippen molar-refractivity contribution in [3.8, 4) is 11.3 Å². The minimum absolute atomic E-state index is 0. The van der Waals surface area contributed by atoms with E-state index in [1.807, 2.05) is 118 Å². The van der Waals surface area contributed by atoms with Crippen LogP contribution in [-0.2, 0) is 0 Å². The molecule has 0 saturated heterocycles. The Morgan fingerprint density at radius 3 is 1.33 bits per heavy atom. The van der Waals surface area contributed by atoms with Gasteiger partial charge < -0.3 is 11.5 Å². The van der Waals surface area contributed by atoms with Crippen molar-refractivity contribution >= 4 is 48.0 Å². The highest BCUT2D eigenvalue weighted by atomic mass is 35.5. The van der Waals surface area contributed by atoms with Gasteiger partial charge in [0.2, 0.25) is 5.78 Å². The van der Waals surface area contributed by atoms with E-state index in [0.717, 1.165) is 28.5 Å². The van der Waals surface area contributed by atoms with Crippen molar-refractivity contribution in [1.82, 2.24) is 26.0 Å². The molecule has 55 heavy (non-hydrogen) atoms. The summed E-state index contributed by atoms with van der Waals surface area (Å²) < 4.78 is 0. The molecule has 5 aromatic rings. The molecule has 0 spiro atoms. The Kier molecular flexibility index (Phi) is 22.8. The maximum Gasteiger partial charge on any atom is 0.361 e. The first-order chi connectivity index (χ1) is 25.5. The molecule has 15 nitrogen and oxygen atoms in total. The lowest BCUT2D eigenvalue weighted by Crippen LogP contribution is -2.34. The molecule has 4 amide bonds. The molecule has 0 aliphatic carbocycles. The first kappa shape index (κ1) is 48.2. The molecular formula is C39H46ClN9O6. The molecule has 0 bridgehead atoms. The first-order valence-corrected chi connectivity index (χ1v) is 16.1. The molecule has 0 aliphatic heterocycles. The van der Waals surface area contributed by atoms with E-state index in [1.165, 1.54) is 22.9 Å². The van der Waals surface area contributed by atoms with E-state index < -0.39 is 17.8 Å². The summed E-state index contributed by atoms with van der Waals surface area (Å²) in [5, 5.41) is 9.29. The number of carbonyl (C=O) groups is 5. The highest BCUT2D eigenvalue weighted by Crippen LogP contribution is 2.14. The smallest absolute Gasteiger partial charge is 0.351 e. The summed E-state index contributed by atoms with van der Waals surface area (Å²) in [4.78, 5) is 67.2. The normalized spacial score (nSPS) is 9.36. The maximum absolute atomic E-state index is 11.4. The zero-order valence-electron chi connectivity index (χ0n) is 31.3. The number of aryl methyl sites for hydroxylation is 4. The van der Waals surface area contributed by atoms with Gasteiger partial charge >= 0.3 is 17.8 Å². The molecule has 0 unspecified atom stereocenters. The van der Waals surface area contributed by atoms with Crippen LogP contribution in [0.5, 0.6) is 0 Å². The number of aromatic nitrogens is 3. The second kappa shape index (κ2) is 26.0. The predicted molar refractivity (Wildman–Crippen MR) is 216 cm³/mol. The number of H-pyrrole nitrogens is 1. The number of primary amides is 2. The van der Waals surface area contributed by atoms with Crippen LogP contribution in [0, 0.1) is 27.7 Å². The number of benzene rings is 4. The van der Waals surface area contributed by atoms with Crippen LogP contribution in [-0.4, -0.2) is 50.8 Å². The van der Waals surface area contributed by atoms with Crippen molar-refractivity contribution in [1.29, 1.82) is 0 Å². The number of ketones is 3. The molecule has 16 heteroatoms. The monoisotopic (exact) mass is 771 g/mol. The lowest BCUT2D eigenvalue weighted by Gasteiger charge is -1.98. The quantitative estimate of drug-likeness (QED) is 0.0429. The number of nitrogens with zero attached hydrogens (tertiary/aromatic N) is 3. The highest BCUT2D eigenvalue weighted by Gasteiger charge is 2.02. The number of carbonyl (C=O) groups excluding carboxylic acids is 5. The minimum Gasteiger partial charge on any atom is -0.351 e. The van der Waals surface area contributed by atoms with Gasteiger partial charge in [-0.1, -0.05) is 119 Å². The molecule has 0 fully saturated rings. The minimum atomic E-state index is -0.803. The molecule has 0 saturated carbocycles. The number of aromatic amines is 1. The van der Waals surface area contributed by atoms with Gasteiger partial charge in [-0.3, -0.25) is 19.8 Å². The molecule has 9 N–H and O–H groups in total. The van der Waals surface area contributed by atoms with Gasteiger partial charge in [-0.05, 0) is 41.5 Å². The van der Waals surface area contributed by atoms with Crippen LogP contribution < -0.4 is 33.9 Å². The number of hydrogen-bond donors (Lipinski definition) is 6. The number of hydrazine groups is 1. The third-order valence-electron chi connectivity index (χ3n) is 6.67. The number of Topliss-reactive ketones (excluding diaryl/α,β-unsaturated/α-hetero) is 3. The second-order valence-corrected chi connectivity index (χ2v) is 11.4. The second-order valence-electron chi connectivity index (χ2n) is 11.4. The van der Waals surface area contributed by atoms with Gasteiger partial charge in [-0.15, -0.1) is 12.4 Å². The Balaban J connectivity index is 0.000000683. The summed E-state index contributed by atoms with van der Waals surface area (Å²) in [6.07, 6.45) is 2.54. The Hall–Kier alpha value is -6.84. The van der Waals surface area contributed by atoms with E-state index in [9.17, 15) is 28.8 Å². The summed E-state index contributed by atoms with van der Waals surface area (Å²) in [6, 6.07) is 28.4. The highest BCUT2D eigenvalue weighted by molar-refractivity contribution is 6.35. The summed E-state index contributed by atoms with van der Waals surface area (Å²) in [5.74, 6) is 4.41. The number of nitrogens with two attached hydrogens (primary N) is 3. The molecule has 1 heterocycles. The van der Waals surface area contributed by atoms with E-state index in [4.69, 9.17) is 5.73 Å². The molecule has 5 rings (SSSR count). The number of rotatable bonds is 6. The third-order valence-corrected chi connectivity index (χ3v) is 6.67. The zero-order valence-corrected chi connectivity index (χ0v) is 32.1. The van der Waals surface area contributed by atoms with Gasteiger partial charge in [0, 0.05) is 22.3 Å². The number of hydrazone groups is 1. The van der Waals surface area contributed by atoms with Gasteiger partial charge in [0.05, 0.1) is 18.1 Å². The Morgan fingerprint density at radius 1 is 0.636 bits per heavy atom. The largest absolute Gasteiger partial charge is 0.361 e. The number of nitrogens with one attached hydrogen (secondary N) is 3. The van der Waals surface area contributed by atoms with Crippen molar-refractivity contribution in [2.24, 2.45) is 22.4 Å². The van der Waals surface area contributed by atoms with Crippen molar-refractivity contribution < 1.29 is 24.0 Å². The van der Waals surface area contributed by atoms with Crippen molar-refractivity contribution in [2.45, 2.75) is 41.5 Å². The average molecular weight is 772 g/mol. The van der Waals surface area contributed by atoms with Crippen molar-refractivity contribution in [2.75, 3.05) is 0 Å². The lowest BCUT2D eigenvalue weighted by atomic mass is 10.1. The van der Waals surface area contributed by atoms with Crippen LogP contribution in [0.2, 0.25) is 0 Å².